The van der Waals surface area contributed by atoms with Crippen LogP contribution in [0.15, 0.2) is 53.9 Å². The molecule has 7 heteroatoms. The Morgan fingerprint density at radius 3 is 2.44 bits per heavy atom. The van der Waals surface area contributed by atoms with Gasteiger partial charge in [0.1, 0.15) is 10.8 Å². The zero-order chi connectivity index (χ0) is 23.5. The van der Waals surface area contributed by atoms with Gasteiger partial charge in [-0.05, 0) is 48.3 Å². The molecular formula is C25H30ClNO3SSi. The van der Waals surface area contributed by atoms with E-state index in [0.29, 0.717) is 12.3 Å². The Labute approximate surface area is 200 Å². The summed E-state index contributed by atoms with van der Waals surface area (Å²) in [7, 11) is -1.92. The highest BCUT2D eigenvalue weighted by Gasteiger charge is 2.39. The molecule has 0 aliphatic rings. The van der Waals surface area contributed by atoms with Crippen molar-refractivity contribution < 1.29 is 14.0 Å². The number of thiazole rings is 1. The molecule has 2 aromatic carbocycles. The predicted molar refractivity (Wildman–Crippen MR) is 135 cm³/mol. The molecule has 0 radical (unpaired) electrons. The molecular weight excluding hydrogens is 458 g/mol. The Bertz CT molecular complexity index is 1070. The number of esters is 1. The number of nitrogens with zero attached hydrogens (tertiary/aromatic N) is 1. The zero-order valence-corrected chi connectivity index (χ0v) is 22.0. The van der Waals surface area contributed by atoms with Gasteiger partial charge < -0.3 is 9.16 Å². The highest BCUT2D eigenvalue weighted by molar-refractivity contribution is 7.13. The van der Waals surface area contributed by atoms with E-state index >= 15 is 0 Å². The number of ether oxygens (including phenoxy) is 1. The number of hydrogen-bond donors (Lipinski definition) is 0. The van der Waals surface area contributed by atoms with E-state index in [-0.39, 0.29) is 10.4 Å². The van der Waals surface area contributed by atoms with E-state index in [4.69, 9.17) is 20.8 Å². The van der Waals surface area contributed by atoms with Crippen LogP contribution in [0.1, 0.15) is 54.7 Å². The molecule has 1 aromatic heterocycles. The summed E-state index contributed by atoms with van der Waals surface area (Å²) in [5, 5.41) is 2.33. The largest absolute Gasteiger partial charge is 0.543 e. The smallest absolute Gasteiger partial charge is 0.357 e. The fourth-order valence-electron chi connectivity index (χ4n) is 2.88. The van der Waals surface area contributed by atoms with E-state index in [2.05, 4.69) is 38.8 Å². The van der Waals surface area contributed by atoms with Crippen molar-refractivity contribution in [2.45, 2.75) is 51.2 Å². The van der Waals surface area contributed by atoms with E-state index in [1.807, 2.05) is 48.5 Å². The van der Waals surface area contributed by atoms with E-state index in [9.17, 15) is 4.79 Å². The van der Waals surface area contributed by atoms with Crippen molar-refractivity contribution in [1.82, 2.24) is 4.98 Å². The number of alkyl halides is 1. The minimum Gasteiger partial charge on any atom is -0.543 e. The van der Waals surface area contributed by atoms with Crippen LogP contribution in [-0.4, -0.2) is 25.9 Å². The normalized spacial score (nSPS) is 13.0. The number of benzene rings is 2. The third-order valence-electron chi connectivity index (χ3n) is 5.77. The molecule has 0 saturated carbocycles. The number of hydrogen-bond acceptors (Lipinski definition) is 5. The van der Waals surface area contributed by atoms with Crippen LogP contribution in [-0.2, 0) is 4.74 Å². The average molecular weight is 488 g/mol. The lowest BCUT2D eigenvalue weighted by Crippen LogP contribution is -2.43. The second-order valence-electron chi connectivity index (χ2n) is 9.18. The van der Waals surface area contributed by atoms with Gasteiger partial charge in [0.15, 0.2) is 5.69 Å². The quantitative estimate of drug-likeness (QED) is 0.194. The Hall–Kier alpha value is -2.15. The van der Waals surface area contributed by atoms with Crippen molar-refractivity contribution in [3.05, 3.63) is 70.7 Å². The molecule has 0 N–H and O–H groups in total. The lowest BCUT2D eigenvalue weighted by atomic mass is 10.0. The number of halogens is 1. The van der Waals surface area contributed by atoms with Crippen LogP contribution in [0.4, 0.5) is 0 Å². The van der Waals surface area contributed by atoms with Crippen molar-refractivity contribution in [1.29, 1.82) is 0 Å². The van der Waals surface area contributed by atoms with Gasteiger partial charge >= 0.3 is 5.97 Å². The molecule has 0 amide bonds. The van der Waals surface area contributed by atoms with Gasteiger partial charge in [0.05, 0.1) is 12.0 Å². The number of carbonyl (C=O) groups is 1. The molecule has 0 bridgehead atoms. The minimum atomic E-state index is -1.92. The van der Waals surface area contributed by atoms with E-state index < -0.39 is 14.3 Å². The molecule has 0 saturated heterocycles. The SMILES string of the molecule is CCOC(=O)c1csc(-c2ccc(C(Cl)c3cccc(O[Si](C)(C)C(C)(C)C)c3)cc2)n1. The third kappa shape index (κ3) is 5.60. The Morgan fingerprint density at radius 2 is 1.81 bits per heavy atom. The molecule has 0 aliphatic carbocycles. The Morgan fingerprint density at radius 1 is 1.12 bits per heavy atom. The maximum absolute atomic E-state index is 11.9. The van der Waals surface area contributed by atoms with Crippen LogP contribution in [0.5, 0.6) is 5.75 Å². The Balaban J connectivity index is 1.76. The molecule has 0 aliphatic heterocycles. The van der Waals surface area contributed by atoms with Gasteiger partial charge in [0, 0.05) is 10.9 Å². The van der Waals surface area contributed by atoms with Crippen molar-refractivity contribution in [3.63, 3.8) is 0 Å². The Kier molecular flexibility index (Phi) is 7.48. The molecule has 1 atom stereocenters. The van der Waals surface area contributed by atoms with Crippen LogP contribution < -0.4 is 4.43 Å². The highest BCUT2D eigenvalue weighted by Crippen LogP contribution is 2.39. The standard InChI is InChI=1S/C25H30ClNO3SSi/c1-7-29-24(28)21-16-31-23(27-21)18-13-11-17(12-14-18)22(26)19-9-8-10-20(15-19)30-32(5,6)25(2,3)4/h8-16,22H,7H2,1-6H3. The van der Waals surface area contributed by atoms with Crippen molar-refractivity contribution in [2.24, 2.45) is 0 Å². The second-order valence-corrected chi connectivity index (χ2v) is 15.2. The number of carbonyl (C=O) groups excluding carboxylic acids is 1. The lowest BCUT2D eigenvalue weighted by molar-refractivity contribution is 0.0520. The first-order valence-corrected chi connectivity index (χ1v) is 14.9. The van der Waals surface area contributed by atoms with Crippen LogP contribution >= 0.6 is 22.9 Å². The number of aromatic nitrogens is 1. The highest BCUT2D eigenvalue weighted by atomic mass is 35.5. The van der Waals surface area contributed by atoms with Gasteiger partial charge in [-0.3, -0.25) is 0 Å². The topological polar surface area (TPSA) is 48.4 Å². The molecule has 32 heavy (non-hydrogen) atoms. The van der Waals surface area contributed by atoms with E-state index in [0.717, 1.165) is 27.4 Å². The van der Waals surface area contributed by atoms with Gasteiger partial charge in [0.25, 0.3) is 0 Å². The van der Waals surface area contributed by atoms with Gasteiger partial charge in [-0.15, -0.1) is 22.9 Å². The maximum Gasteiger partial charge on any atom is 0.357 e. The van der Waals surface area contributed by atoms with Gasteiger partial charge in [-0.2, -0.15) is 0 Å². The molecule has 1 unspecified atom stereocenters. The molecule has 4 nitrogen and oxygen atoms in total. The van der Waals surface area contributed by atoms with Crippen LogP contribution in [0.2, 0.25) is 18.1 Å². The first-order chi connectivity index (χ1) is 15.0. The van der Waals surface area contributed by atoms with E-state index in [1.165, 1.54) is 11.3 Å². The fourth-order valence-corrected chi connectivity index (χ4v) is 4.97. The molecule has 3 rings (SSSR count). The zero-order valence-electron chi connectivity index (χ0n) is 19.4. The maximum atomic E-state index is 11.9. The summed E-state index contributed by atoms with van der Waals surface area (Å²) in [6, 6.07) is 16.0. The second kappa shape index (κ2) is 9.77. The summed E-state index contributed by atoms with van der Waals surface area (Å²) in [6.07, 6.45) is 0. The van der Waals surface area contributed by atoms with E-state index in [1.54, 1.807) is 12.3 Å². The first kappa shape index (κ1) is 24.5. The van der Waals surface area contributed by atoms with Crippen molar-refractivity contribution in [3.8, 4) is 16.3 Å². The van der Waals surface area contributed by atoms with Crippen LogP contribution in [0, 0.1) is 0 Å². The van der Waals surface area contributed by atoms with Crippen molar-refractivity contribution in [2.75, 3.05) is 6.61 Å². The molecule has 1 heterocycles. The fraction of sp³-hybridized carbons (Fsp3) is 0.360. The summed E-state index contributed by atoms with van der Waals surface area (Å²) in [6.45, 7) is 13.3. The minimum absolute atomic E-state index is 0.127. The summed E-state index contributed by atoms with van der Waals surface area (Å²) in [5.41, 5.74) is 3.26. The van der Waals surface area contributed by atoms with Crippen molar-refractivity contribution >= 4 is 37.2 Å². The monoisotopic (exact) mass is 487 g/mol. The lowest BCUT2D eigenvalue weighted by Gasteiger charge is -2.36. The molecule has 170 valence electrons. The van der Waals surface area contributed by atoms with Crippen LogP contribution in [0.25, 0.3) is 10.6 Å². The van der Waals surface area contributed by atoms with Gasteiger partial charge in [-0.25, -0.2) is 9.78 Å². The summed E-state index contributed by atoms with van der Waals surface area (Å²) < 4.78 is 11.5. The average Bonchev–Trinajstić information content (AvgIpc) is 3.23. The van der Waals surface area contributed by atoms with Crippen LogP contribution in [0.3, 0.4) is 0 Å². The summed E-state index contributed by atoms with van der Waals surface area (Å²) >= 11 is 8.24. The number of rotatable bonds is 7. The molecule has 3 aromatic rings. The molecule has 0 spiro atoms. The van der Waals surface area contributed by atoms with Gasteiger partial charge in [0.2, 0.25) is 8.32 Å². The molecule has 0 fully saturated rings. The summed E-state index contributed by atoms with van der Waals surface area (Å²) in [5.74, 6) is 0.470. The summed E-state index contributed by atoms with van der Waals surface area (Å²) in [4.78, 5) is 16.3. The van der Waals surface area contributed by atoms with Gasteiger partial charge in [-0.1, -0.05) is 57.2 Å². The third-order valence-corrected chi connectivity index (χ3v) is 11.5. The first-order valence-electron chi connectivity index (χ1n) is 10.7. The predicted octanol–water partition coefficient (Wildman–Crippen LogP) is 7.70.